The van der Waals surface area contributed by atoms with Crippen LogP contribution < -0.4 is 0 Å². The molecule has 0 aromatic carbocycles. The Bertz CT molecular complexity index is 381. The maximum atomic E-state index is 4.23. The average Bonchev–Trinajstić information content (AvgIpc) is 3.05. The molecule has 18 heavy (non-hydrogen) atoms. The second-order valence-corrected chi connectivity index (χ2v) is 8.14. The standard InChI is InChI=1S/C18H28/c1-4-18(9-11(2)3)10-14-8-15(18)17-13-6-5-12(7-13)16(14)17/h12-17H,2,4-10H2,1,3H3. The summed E-state index contributed by atoms with van der Waals surface area (Å²) in [4.78, 5) is 0. The zero-order valence-electron chi connectivity index (χ0n) is 12.1. The highest BCUT2D eigenvalue weighted by atomic mass is 14.7. The van der Waals surface area contributed by atoms with E-state index in [1.54, 1.807) is 32.1 Å². The van der Waals surface area contributed by atoms with Gasteiger partial charge >= 0.3 is 0 Å². The molecule has 0 spiro atoms. The minimum atomic E-state index is 0.669. The monoisotopic (exact) mass is 244 g/mol. The third kappa shape index (κ3) is 1.28. The van der Waals surface area contributed by atoms with Gasteiger partial charge in [0, 0.05) is 0 Å². The van der Waals surface area contributed by atoms with Crippen molar-refractivity contribution in [3.63, 3.8) is 0 Å². The predicted molar refractivity (Wildman–Crippen MR) is 76.2 cm³/mol. The number of allylic oxidation sites excluding steroid dienone is 1. The van der Waals surface area contributed by atoms with E-state index in [9.17, 15) is 0 Å². The van der Waals surface area contributed by atoms with Crippen LogP contribution in [0.25, 0.3) is 0 Å². The van der Waals surface area contributed by atoms with Crippen LogP contribution in [0.4, 0.5) is 0 Å². The minimum absolute atomic E-state index is 0.669. The molecule has 0 radical (unpaired) electrons. The van der Waals surface area contributed by atoms with Crippen LogP contribution in [0.3, 0.4) is 0 Å². The maximum Gasteiger partial charge on any atom is -0.0229 e. The first-order valence-electron chi connectivity index (χ1n) is 8.29. The Morgan fingerprint density at radius 2 is 1.83 bits per heavy atom. The summed E-state index contributed by atoms with van der Waals surface area (Å²) in [6.45, 7) is 8.93. The molecule has 0 heterocycles. The molecule has 0 heteroatoms. The van der Waals surface area contributed by atoms with Gasteiger partial charge in [0.05, 0.1) is 0 Å². The summed E-state index contributed by atoms with van der Waals surface area (Å²) in [7, 11) is 0. The molecule has 0 aromatic rings. The molecule has 4 aliphatic carbocycles. The van der Waals surface area contributed by atoms with Crippen molar-refractivity contribution in [2.75, 3.05) is 0 Å². The molecule has 7 atom stereocenters. The summed E-state index contributed by atoms with van der Waals surface area (Å²) >= 11 is 0. The van der Waals surface area contributed by atoms with Gasteiger partial charge in [0.25, 0.3) is 0 Å². The fourth-order valence-corrected chi connectivity index (χ4v) is 7.20. The molecule has 7 unspecified atom stereocenters. The summed E-state index contributed by atoms with van der Waals surface area (Å²) < 4.78 is 0. The Labute approximate surface area is 112 Å². The topological polar surface area (TPSA) is 0 Å². The molecule has 100 valence electrons. The molecule has 0 amide bonds. The van der Waals surface area contributed by atoms with Gasteiger partial charge in [0.2, 0.25) is 0 Å². The van der Waals surface area contributed by atoms with Crippen LogP contribution in [0.5, 0.6) is 0 Å². The first-order chi connectivity index (χ1) is 8.64. The smallest absolute Gasteiger partial charge is 0.0229 e. The van der Waals surface area contributed by atoms with Gasteiger partial charge in [-0.3, -0.25) is 0 Å². The van der Waals surface area contributed by atoms with E-state index in [1.807, 2.05) is 0 Å². The lowest BCUT2D eigenvalue weighted by Crippen LogP contribution is -2.39. The summed E-state index contributed by atoms with van der Waals surface area (Å²) in [6.07, 6.45) is 10.6. The van der Waals surface area contributed by atoms with E-state index in [0.717, 1.165) is 29.6 Å². The summed E-state index contributed by atoms with van der Waals surface area (Å²) in [6, 6.07) is 0. The van der Waals surface area contributed by atoms with Crippen molar-refractivity contribution in [3.05, 3.63) is 12.2 Å². The Balaban J connectivity index is 1.66. The molecule has 4 aliphatic rings. The van der Waals surface area contributed by atoms with Crippen LogP contribution in [0.1, 0.15) is 58.8 Å². The zero-order chi connectivity index (χ0) is 12.5. The zero-order valence-corrected chi connectivity index (χ0v) is 12.1. The van der Waals surface area contributed by atoms with Gasteiger partial charge in [-0.2, -0.15) is 0 Å². The molecular weight excluding hydrogens is 216 g/mol. The normalized spacial score (nSPS) is 56.1. The van der Waals surface area contributed by atoms with E-state index >= 15 is 0 Å². The minimum Gasteiger partial charge on any atom is -0.100 e. The first-order valence-corrected chi connectivity index (χ1v) is 8.29. The van der Waals surface area contributed by atoms with Gasteiger partial charge in [-0.15, -0.1) is 6.58 Å². The average molecular weight is 244 g/mol. The second-order valence-electron chi connectivity index (χ2n) is 8.14. The third-order valence-corrected chi connectivity index (χ3v) is 7.43. The molecule has 4 rings (SSSR count). The number of rotatable bonds is 3. The van der Waals surface area contributed by atoms with Crippen LogP contribution in [-0.4, -0.2) is 0 Å². The van der Waals surface area contributed by atoms with Crippen molar-refractivity contribution in [1.82, 2.24) is 0 Å². The van der Waals surface area contributed by atoms with Crippen molar-refractivity contribution >= 4 is 0 Å². The second kappa shape index (κ2) is 3.64. The van der Waals surface area contributed by atoms with E-state index in [1.165, 1.54) is 24.3 Å². The van der Waals surface area contributed by atoms with E-state index in [2.05, 4.69) is 20.4 Å². The van der Waals surface area contributed by atoms with Gasteiger partial charge in [-0.1, -0.05) is 12.5 Å². The highest BCUT2D eigenvalue weighted by Gasteiger charge is 2.65. The molecule has 0 saturated heterocycles. The number of fused-ring (bicyclic) bond motifs is 9. The van der Waals surface area contributed by atoms with Gasteiger partial charge in [-0.05, 0) is 92.8 Å². The van der Waals surface area contributed by atoms with Crippen LogP contribution in [0, 0.1) is 40.9 Å². The quantitative estimate of drug-likeness (QED) is 0.481. The SMILES string of the molecule is C=C(C)CC1(CC)CC2CC1C1C3CCC(C3)C21. The molecule has 0 N–H and O–H groups in total. The van der Waals surface area contributed by atoms with Crippen LogP contribution in [0.2, 0.25) is 0 Å². The van der Waals surface area contributed by atoms with Crippen LogP contribution in [0.15, 0.2) is 12.2 Å². The van der Waals surface area contributed by atoms with Crippen molar-refractivity contribution < 1.29 is 0 Å². The van der Waals surface area contributed by atoms with Crippen molar-refractivity contribution in [2.24, 2.45) is 40.9 Å². The number of hydrogen-bond acceptors (Lipinski definition) is 0. The van der Waals surface area contributed by atoms with E-state index in [-0.39, 0.29) is 0 Å². The highest BCUT2D eigenvalue weighted by molar-refractivity contribution is 5.16. The lowest BCUT2D eigenvalue weighted by molar-refractivity contribution is 0.0309. The van der Waals surface area contributed by atoms with Gasteiger partial charge in [-0.25, -0.2) is 0 Å². The Morgan fingerprint density at radius 1 is 1.11 bits per heavy atom. The fraction of sp³-hybridized carbons (Fsp3) is 0.889. The molecule has 4 fully saturated rings. The molecule has 0 aliphatic heterocycles. The van der Waals surface area contributed by atoms with Crippen molar-refractivity contribution in [3.8, 4) is 0 Å². The Kier molecular flexibility index (Phi) is 2.34. The van der Waals surface area contributed by atoms with Crippen LogP contribution >= 0.6 is 0 Å². The third-order valence-electron chi connectivity index (χ3n) is 7.43. The first kappa shape index (κ1) is 11.6. The maximum absolute atomic E-state index is 4.23. The fourth-order valence-electron chi connectivity index (χ4n) is 7.20. The van der Waals surface area contributed by atoms with Gasteiger partial charge in [0.15, 0.2) is 0 Å². The van der Waals surface area contributed by atoms with Crippen molar-refractivity contribution in [1.29, 1.82) is 0 Å². The predicted octanol–water partition coefficient (Wildman–Crippen LogP) is 5.05. The number of hydrogen-bond donors (Lipinski definition) is 0. The summed E-state index contributed by atoms with van der Waals surface area (Å²) in [5.41, 5.74) is 2.10. The molecule has 4 saturated carbocycles. The molecular formula is C18H28. The summed E-state index contributed by atoms with van der Waals surface area (Å²) in [5, 5.41) is 0. The lowest BCUT2D eigenvalue weighted by Gasteiger charge is -2.46. The molecule has 0 aromatic heterocycles. The highest BCUT2D eigenvalue weighted by Crippen LogP contribution is 2.73. The molecule has 0 nitrogen and oxygen atoms in total. The lowest BCUT2D eigenvalue weighted by atomic mass is 9.58. The van der Waals surface area contributed by atoms with E-state index in [0.29, 0.717) is 5.41 Å². The Hall–Kier alpha value is -0.260. The van der Waals surface area contributed by atoms with E-state index in [4.69, 9.17) is 0 Å². The van der Waals surface area contributed by atoms with Crippen LogP contribution in [-0.2, 0) is 0 Å². The van der Waals surface area contributed by atoms with E-state index < -0.39 is 0 Å². The largest absolute Gasteiger partial charge is 0.100 e. The van der Waals surface area contributed by atoms with Gasteiger partial charge in [0.1, 0.15) is 0 Å². The summed E-state index contributed by atoms with van der Waals surface area (Å²) in [5.74, 6) is 6.76. The Morgan fingerprint density at radius 3 is 2.50 bits per heavy atom. The van der Waals surface area contributed by atoms with Gasteiger partial charge < -0.3 is 0 Å². The molecule has 4 bridgehead atoms. The van der Waals surface area contributed by atoms with Crippen molar-refractivity contribution in [2.45, 2.75) is 58.8 Å².